The maximum atomic E-state index is 11.5. The summed E-state index contributed by atoms with van der Waals surface area (Å²) in [5.41, 5.74) is 1.48. The first-order valence-corrected chi connectivity index (χ1v) is 7.53. The number of para-hydroxylation sites is 1. The van der Waals surface area contributed by atoms with Gasteiger partial charge in [-0.2, -0.15) is 0 Å². The van der Waals surface area contributed by atoms with E-state index < -0.39 is 5.97 Å². The summed E-state index contributed by atoms with van der Waals surface area (Å²) in [5.74, 6) is -0.275. The minimum atomic E-state index is -1.09. The zero-order chi connectivity index (χ0) is 17.7. The van der Waals surface area contributed by atoms with Crippen molar-refractivity contribution in [3.8, 4) is 11.6 Å². The van der Waals surface area contributed by atoms with Crippen LogP contribution in [-0.2, 0) is 14.9 Å². The molecule has 1 heterocycles. The second kappa shape index (κ2) is 7.17. The summed E-state index contributed by atoms with van der Waals surface area (Å²) in [6.45, 7) is 6.30. The van der Waals surface area contributed by atoms with E-state index in [9.17, 15) is 9.90 Å². The van der Waals surface area contributed by atoms with Crippen molar-refractivity contribution in [2.45, 2.75) is 26.2 Å². The monoisotopic (exact) mass is 327 g/mol. The second-order valence-corrected chi connectivity index (χ2v) is 6.30. The Bertz CT molecular complexity index is 760. The van der Waals surface area contributed by atoms with Gasteiger partial charge in [0.05, 0.1) is 13.4 Å². The molecule has 126 valence electrons. The van der Waals surface area contributed by atoms with Crippen molar-refractivity contribution in [1.29, 1.82) is 0 Å². The van der Waals surface area contributed by atoms with Crippen molar-refractivity contribution in [3.05, 3.63) is 60.0 Å². The van der Waals surface area contributed by atoms with Crippen LogP contribution in [0.4, 0.5) is 0 Å². The van der Waals surface area contributed by atoms with Gasteiger partial charge in [0, 0.05) is 17.8 Å². The Morgan fingerprint density at radius 1 is 1.21 bits per heavy atom. The van der Waals surface area contributed by atoms with Gasteiger partial charge in [-0.1, -0.05) is 39.0 Å². The first-order valence-electron chi connectivity index (χ1n) is 7.53. The average Bonchev–Trinajstić information content (AvgIpc) is 2.53. The summed E-state index contributed by atoms with van der Waals surface area (Å²) >= 11 is 0. The Hall–Kier alpha value is -2.82. The van der Waals surface area contributed by atoms with E-state index in [-0.39, 0.29) is 11.0 Å². The van der Waals surface area contributed by atoms with Crippen LogP contribution in [0, 0.1) is 0 Å². The topological polar surface area (TPSA) is 68.7 Å². The SMILES string of the molecule is COC=C(C(=O)O)c1ccccc1Oc1cc(C(C)(C)C)ccn1. The van der Waals surface area contributed by atoms with Crippen molar-refractivity contribution in [1.82, 2.24) is 4.98 Å². The van der Waals surface area contributed by atoms with Crippen LogP contribution < -0.4 is 4.74 Å². The molecule has 0 fully saturated rings. The number of aliphatic carboxylic acids is 1. The first kappa shape index (κ1) is 17.5. The van der Waals surface area contributed by atoms with Crippen molar-refractivity contribution in [2.24, 2.45) is 0 Å². The predicted molar refractivity (Wildman–Crippen MR) is 92.1 cm³/mol. The Morgan fingerprint density at radius 3 is 2.54 bits per heavy atom. The van der Waals surface area contributed by atoms with Crippen LogP contribution in [-0.4, -0.2) is 23.2 Å². The van der Waals surface area contributed by atoms with Gasteiger partial charge in [-0.05, 0) is 23.1 Å². The molecule has 5 heteroatoms. The van der Waals surface area contributed by atoms with Crippen molar-refractivity contribution in [3.63, 3.8) is 0 Å². The molecule has 0 saturated carbocycles. The molecule has 1 aromatic heterocycles. The van der Waals surface area contributed by atoms with Gasteiger partial charge in [-0.25, -0.2) is 9.78 Å². The smallest absolute Gasteiger partial charge is 0.339 e. The van der Waals surface area contributed by atoms with E-state index in [0.717, 1.165) is 5.56 Å². The molecule has 2 rings (SSSR count). The normalized spacial score (nSPS) is 11.9. The molecule has 0 radical (unpaired) electrons. The fourth-order valence-corrected chi connectivity index (χ4v) is 2.17. The molecule has 0 aliphatic heterocycles. The average molecular weight is 327 g/mol. The number of nitrogens with zero attached hydrogens (tertiary/aromatic N) is 1. The lowest BCUT2D eigenvalue weighted by atomic mass is 9.88. The fraction of sp³-hybridized carbons (Fsp3) is 0.263. The summed E-state index contributed by atoms with van der Waals surface area (Å²) in [7, 11) is 1.40. The lowest BCUT2D eigenvalue weighted by molar-refractivity contribution is -0.130. The van der Waals surface area contributed by atoms with Gasteiger partial charge in [0.15, 0.2) is 0 Å². The maximum absolute atomic E-state index is 11.5. The van der Waals surface area contributed by atoms with Crippen LogP contribution >= 0.6 is 0 Å². The van der Waals surface area contributed by atoms with Gasteiger partial charge >= 0.3 is 5.97 Å². The number of rotatable bonds is 5. The number of benzene rings is 1. The molecular weight excluding hydrogens is 306 g/mol. The molecule has 0 spiro atoms. The summed E-state index contributed by atoms with van der Waals surface area (Å²) in [6, 6.07) is 10.7. The van der Waals surface area contributed by atoms with Gasteiger partial charge in [0.25, 0.3) is 0 Å². The van der Waals surface area contributed by atoms with Gasteiger partial charge in [-0.3, -0.25) is 0 Å². The van der Waals surface area contributed by atoms with Crippen LogP contribution in [0.15, 0.2) is 48.9 Å². The van der Waals surface area contributed by atoms with Crippen LogP contribution in [0.1, 0.15) is 31.9 Å². The summed E-state index contributed by atoms with van der Waals surface area (Å²) < 4.78 is 10.7. The fourth-order valence-electron chi connectivity index (χ4n) is 2.17. The highest BCUT2D eigenvalue weighted by atomic mass is 16.5. The molecule has 0 bridgehead atoms. The van der Waals surface area contributed by atoms with E-state index in [2.05, 4.69) is 25.8 Å². The molecule has 1 N–H and O–H groups in total. The van der Waals surface area contributed by atoms with Gasteiger partial charge in [0.1, 0.15) is 11.3 Å². The third kappa shape index (κ3) is 4.13. The molecule has 0 aliphatic rings. The number of carboxylic acid groups (broad SMARTS) is 1. The molecule has 0 amide bonds. The number of ether oxygens (including phenoxy) is 2. The molecule has 0 aliphatic carbocycles. The zero-order valence-electron chi connectivity index (χ0n) is 14.2. The highest BCUT2D eigenvalue weighted by Gasteiger charge is 2.18. The summed E-state index contributed by atoms with van der Waals surface area (Å²) in [4.78, 5) is 15.7. The molecule has 0 unspecified atom stereocenters. The van der Waals surface area contributed by atoms with Crippen molar-refractivity contribution >= 4 is 11.5 Å². The third-order valence-electron chi connectivity index (χ3n) is 3.46. The number of carboxylic acids is 1. The highest BCUT2D eigenvalue weighted by Crippen LogP contribution is 2.31. The van der Waals surface area contributed by atoms with Crippen LogP contribution in [0.2, 0.25) is 0 Å². The van der Waals surface area contributed by atoms with Crippen LogP contribution in [0.25, 0.3) is 5.57 Å². The maximum Gasteiger partial charge on any atom is 0.339 e. The van der Waals surface area contributed by atoms with E-state index in [0.29, 0.717) is 17.2 Å². The van der Waals surface area contributed by atoms with Gasteiger partial charge < -0.3 is 14.6 Å². The van der Waals surface area contributed by atoms with E-state index in [1.165, 1.54) is 13.4 Å². The predicted octanol–water partition coefficient (Wildman–Crippen LogP) is 4.24. The Labute approximate surface area is 141 Å². The Morgan fingerprint density at radius 2 is 1.92 bits per heavy atom. The number of carbonyl (C=O) groups is 1. The number of hydrogen-bond donors (Lipinski definition) is 1. The van der Waals surface area contributed by atoms with Crippen molar-refractivity contribution < 1.29 is 19.4 Å². The standard InChI is InChI=1S/C19H21NO4/c1-19(2,3)13-9-10-20-17(11-13)24-16-8-6-5-7-14(16)15(12-23-4)18(21)22/h5-12H,1-4H3,(H,21,22). The summed E-state index contributed by atoms with van der Waals surface area (Å²) in [6.07, 6.45) is 2.87. The van der Waals surface area contributed by atoms with Crippen LogP contribution in [0.5, 0.6) is 11.6 Å². The number of pyridine rings is 1. The molecule has 1 aromatic carbocycles. The second-order valence-electron chi connectivity index (χ2n) is 6.30. The minimum absolute atomic E-state index is 0.0140. The Kier molecular flexibility index (Phi) is 5.24. The molecule has 0 saturated heterocycles. The van der Waals surface area contributed by atoms with E-state index in [1.54, 1.807) is 30.5 Å². The Balaban J connectivity index is 2.42. The first-order chi connectivity index (χ1) is 11.3. The molecule has 0 atom stereocenters. The van der Waals surface area contributed by atoms with E-state index in [4.69, 9.17) is 9.47 Å². The molecule has 24 heavy (non-hydrogen) atoms. The lowest BCUT2D eigenvalue weighted by Gasteiger charge is -2.19. The van der Waals surface area contributed by atoms with Crippen molar-refractivity contribution in [2.75, 3.05) is 7.11 Å². The highest BCUT2D eigenvalue weighted by molar-refractivity contribution is 6.15. The van der Waals surface area contributed by atoms with Gasteiger partial charge in [0.2, 0.25) is 5.88 Å². The summed E-state index contributed by atoms with van der Waals surface area (Å²) in [5, 5.41) is 9.38. The number of methoxy groups -OCH3 is 1. The zero-order valence-corrected chi connectivity index (χ0v) is 14.2. The number of aromatic nitrogens is 1. The minimum Gasteiger partial charge on any atom is -0.503 e. The van der Waals surface area contributed by atoms with E-state index >= 15 is 0 Å². The molecule has 2 aromatic rings. The largest absolute Gasteiger partial charge is 0.503 e. The molecular formula is C19H21NO4. The molecule has 5 nitrogen and oxygen atoms in total. The third-order valence-corrected chi connectivity index (χ3v) is 3.46. The van der Waals surface area contributed by atoms with Crippen LogP contribution in [0.3, 0.4) is 0 Å². The quantitative estimate of drug-likeness (QED) is 0.657. The number of hydrogen-bond acceptors (Lipinski definition) is 4. The van der Waals surface area contributed by atoms with Gasteiger partial charge in [-0.15, -0.1) is 0 Å². The lowest BCUT2D eigenvalue weighted by Crippen LogP contribution is -2.11. The van der Waals surface area contributed by atoms with E-state index in [1.807, 2.05) is 12.1 Å².